The van der Waals surface area contributed by atoms with Gasteiger partial charge in [0.2, 0.25) is 0 Å². The number of likely N-dealkylation sites (tertiary alicyclic amines) is 1. The van der Waals surface area contributed by atoms with Gasteiger partial charge in [-0.2, -0.15) is 0 Å². The summed E-state index contributed by atoms with van der Waals surface area (Å²) in [5.74, 6) is -0.223. The molecule has 1 saturated carbocycles. The van der Waals surface area contributed by atoms with Crippen LogP contribution in [-0.2, 0) is 0 Å². The Bertz CT molecular complexity index is 576. The first-order valence-corrected chi connectivity index (χ1v) is 7.99. The van der Waals surface area contributed by atoms with Crippen LogP contribution >= 0.6 is 0 Å². The van der Waals surface area contributed by atoms with Crippen molar-refractivity contribution in [2.24, 2.45) is 0 Å². The van der Waals surface area contributed by atoms with Gasteiger partial charge in [-0.1, -0.05) is 12.8 Å². The zero-order valence-electron chi connectivity index (χ0n) is 12.6. The molecule has 1 amide bonds. The lowest BCUT2D eigenvalue weighted by atomic mass is 10.1. The smallest absolute Gasteiger partial charge is 0.282 e. The van der Waals surface area contributed by atoms with Crippen molar-refractivity contribution in [2.75, 3.05) is 18.4 Å². The number of nitrogens with one attached hydrogen (secondary N) is 1. The first-order valence-electron chi connectivity index (χ1n) is 7.99. The molecule has 1 heterocycles. The second-order valence-electron chi connectivity index (χ2n) is 6.11. The molecule has 1 aliphatic carbocycles. The minimum Gasteiger partial charge on any atom is -0.382 e. The fourth-order valence-corrected chi connectivity index (χ4v) is 3.35. The number of nitro benzene ring substituents is 1. The maximum Gasteiger partial charge on any atom is 0.282 e. The Morgan fingerprint density at radius 1 is 1.18 bits per heavy atom. The summed E-state index contributed by atoms with van der Waals surface area (Å²) in [4.78, 5) is 25.0. The summed E-state index contributed by atoms with van der Waals surface area (Å²) in [6.45, 7) is 1.38. The van der Waals surface area contributed by atoms with Crippen molar-refractivity contribution in [2.45, 2.75) is 44.6 Å². The zero-order valence-corrected chi connectivity index (χ0v) is 12.6. The number of nitro groups is 1. The highest BCUT2D eigenvalue weighted by Crippen LogP contribution is 2.28. The van der Waals surface area contributed by atoms with Crippen LogP contribution in [0.1, 0.15) is 48.9 Å². The van der Waals surface area contributed by atoms with Gasteiger partial charge in [0, 0.05) is 30.9 Å². The number of amides is 1. The Balaban J connectivity index is 1.86. The van der Waals surface area contributed by atoms with E-state index in [-0.39, 0.29) is 17.2 Å². The van der Waals surface area contributed by atoms with Crippen molar-refractivity contribution >= 4 is 17.3 Å². The number of nitrogens with zero attached hydrogens (tertiary/aromatic N) is 2. The molecule has 2 aliphatic rings. The first-order chi connectivity index (χ1) is 10.6. The second kappa shape index (κ2) is 6.34. The number of carbonyl (C=O) groups is 1. The molecule has 6 nitrogen and oxygen atoms in total. The zero-order chi connectivity index (χ0) is 15.5. The standard InChI is InChI=1S/C16H21N3O3/c20-16(18-9-3-4-10-18)14-11-13(7-8-15(14)19(21)22)17-12-5-1-2-6-12/h7-8,11-12,17H,1-6,9-10H2. The van der Waals surface area contributed by atoms with Crippen LogP contribution in [0.2, 0.25) is 0 Å². The van der Waals surface area contributed by atoms with E-state index in [2.05, 4.69) is 5.32 Å². The molecular formula is C16H21N3O3. The summed E-state index contributed by atoms with van der Waals surface area (Å²) in [5, 5.41) is 14.6. The molecule has 1 aromatic rings. The predicted molar refractivity (Wildman–Crippen MR) is 84.1 cm³/mol. The molecule has 0 unspecified atom stereocenters. The van der Waals surface area contributed by atoms with Gasteiger partial charge in [0.25, 0.3) is 11.6 Å². The van der Waals surface area contributed by atoms with Crippen LogP contribution in [0.15, 0.2) is 18.2 Å². The second-order valence-corrected chi connectivity index (χ2v) is 6.11. The van der Waals surface area contributed by atoms with Crippen molar-refractivity contribution in [3.63, 3.8) is 0 Å². The van der Waals surface area contributed by atoms with Crippen LogP contribution in [0, 0.1) is 10.1 Å². The molecule has 3 rings (SSSR count). The molecule has 0 spiro atoms. The van der Waals surface area contributed by atoms with Gasteiger partial charge >= 0.3 is 0 Å². The van der Waals surface area contributed by atoms with Gasteiger partial charge in [0.05, 0.1) is 4.92 Å². The quantitative estimate of drug-likeness (QED) is 0.684. The number of anilines is 1. The maximum atomic E-state index is 12.6. The third-order valence-electron chi connectivity index (χ3n) is 4.54. The molecule has 1 saturated heterocycles. The Kier molecular flexibility index (Phi) is 4.27. The van der Waals surface area contributed by atoms with E-state index in [4.69, 9.17) is 0 Å². The van der Waals surface area contributed by atoms with Gasteiger partial charge in [-0.05, 0) is 37.8 Å². The van der Waals surface area contributed by atoms with E-state index in [0.717, 1.165) is 31.4 Å². The van der Waals surface area contributed by atoms with E-state index >= 15 is 0 Å². The summed E-state index contributed by atoms with van der Waals surface area (Å²) in [6, 6.07) is 5.21. The van der Waals surface area contributed by atoms with Crippen LogP contribution in [0.5, 0.6) is 0 Å². The minimum absolute atomic E-state index is 0.103. The van der Waals surface area contributed by atoms with E-state index < -0.39 is 4.92 Å². The Morgan fingerprint density at radius 3 is 2.50 bits per heavy atom. The highest BCUT2D eigenvalue weighted by atomic mass is 16.6. The van der Waals surface area contributed by atoms with E-state index in [0.29, 0.717) is 19.1 Å². The van der Waals surface area contributed by atoms with Crippen molar-refractivity contribution in [1.82, 2.24) is 4.90 Å². The fourth-order valence-electron chi connectivity index (χ4n) is 3.35. The molecule has 1 aliphatic heterocycles. The van der Waals surface area contributed by atoms with Crippen molar-refractivity contribution in [3.8, 4) is 0 Å². The number of benzene rings is 1. The van der Waals surface area contributed by atoms with Crippen LogP contribution in [-0.4, -0.2) is 34.9 Å². The summed E-state index contributed by atoms with van der Waals surface area (Å²) >= 11 is 0. The number of rotatable bonds is 4. The summed E-state index contributed by atoms with van der Waals surface area (Å²) < 4.78 is 0. The topological polar surface area (TPSA) is 75.5 Å². The summed E-state index contributed by atoms with van der Waals surface area (Å²) in [7, 11) is 0. The lowest BCUT2D eigenvalue weighted by molar-refractivity contribution is -0.385. The average molecular weight is 303 g/mol. The van der Waals surface area contributed by atoms with E-state index in [1.54, 1.807) is 17.0 Å². The minimum atomic E-state index is -0.470. The van der Waals surface area contributed by atoms with E-state index in [1.165, 1.54) is 18.9 Å². The van der Waals surface area contributed by atoms with Gasteiger partial charge in [0.1, 0.15) is 5.56 Å². The van der Waals surface area contributed by atoms with Gasteiger partial charge in [-0.15, -0.1) is 0 Å². The van der Waals surface area contributed by atoms with Gasteiger partial charge in [-0.25, -0.2) is 0 Å². The number of hydrogen-bond donors (Lipinski definition) is 1. The van der Waals surface area contributed by atoms with Gasteiger partial charge < -0.3 is 10.2 Å². The molecule has 0 atom stereocenters. The first kappa shape index (κ1) is 14.8. The lowest BCUT2D eigenvalue weighted by Gasteiger charge is -2.17. The molecule has 0 bridgehead atoms. The Labute approximate surface area is 129 Å². The summed E-state index contributed by atoms with van der Waals surface area (Å²) in [5.41, 5.74) is 0.906. The van der Waals surface area contributed by atoms with E-state index in [1.807, 2.05) is 0 Å². The third-order valence-corrected chi connectivity index (χ3v) is 4.54. The molecule has 2 fully saturated rings. The maximum absolute atomic E-state index is 12.6. The van der Waals surface area contributed by atoms with E-state index in [9.17, 15) is 14.9 Å². The highest BCUT2D eigenvalue weighted by molar-refractivity contribution is 5.99. The summed E-state index contributed by atoms with van der Waals surface area (Å²) in [6.07, 6.45) is 6.60. The molecule has 0 radical (unpaired) electrons. The average Bonchev–Trinajstić information content (AvgIpc) is 3.19. The van der Waals surface area contributed by atoms with Crippen LogP contribution in [0.3, 0.4) is 0 Å². The normalized spacial score (nSPS) is 18.6. The Hall–Kier alpha value is -2.11. The van der Waals surface area contributed by atoms with Gasteiger partial charge in [0.15, 0.2) is 0 Å². The van der Waals surface area contributed by atoms with Crippen molar-refractivity contribution in [1.29, 1.82) is 0 Å². The third kappa shape index (κ3) is 3.05. The molecule has 118 valence electrons. The van der Waals surface area contributed by atoms with Crippen molar-refractivity contribution in [3.05, 3.63) is 33.9 Å². The largest absolute Gasteiger partial charge is 0.382 e. The molecule has 1 aromatic carbocycles. The molecule has 1 N–H and O–H groups in total. The SMILES string of the molecule is O=C(c1cc(NC2CCCC2)ccc1[N+](=O)[O-])N1CCCC1. The number of carbonyl (C=O) groups excluding carboxylic acids is 1. The highest BCUT2D eigenvalue weighted by Gasteiger charge is 2.27. The predicted octanol–water partition coefficient (Wildman–Crippen LogP) is 3.19. The van der Waals surface area contributed by atoms with Gasteiger partial charge in [-0.3, -0.25) is 14.9 Å². The van der Waals surface area contributed by atoms with Crippen LogP contribution in [0.25, 0.3) is 0 Å². The monoisotopic (exact) mass is 303 g/mol. The van der Waals surface area contributed by atoms with Crippen molar-refractivity contribution < 1.29 is 9.72 Å². The molecule has 6 heteroatoms. The fraction of sp³-hybridized carbons (Fsp3) is 0.562. The molecule has 22 heavy (non-hydrogen) atoms. The van der Waals surface area contributed by atoms with Crippen LogP contribution in [0.4, 0.5) is 11.4 Å². The van der Waals surface area contributed by atoms with Crippen LogP contribution < -0.4 is 5.32 Å². The molecule has 0 aromatic heterocycles. The number of hydrogen-bond acceptors (Lipinski definition) is 4. The Morgan fingerprint density at radius 2 is 1.86 bits per heavy atom. The lowest BCUT2D eigenvalue weighted by Crippen LogP contribution is -2.28. The molecular weight excluding hydrogens is 282 g/mol.